The summed E-state index contributed by atoms with van der Waals surface area (Å²) in [6.45, 7) is 3.77. The third-order valence-electron chi connectivity index (χ3n) is 6.49. The highest BCUT2D eigenvalue weighted by Gasteiger charge is 2.33. The lowest BCUT2D eigenvalue weighted by molar-refractivity contribution is 0.273. The van der Waals surface area contributed by atoms with E-state index in [9.17, 15) is 16.8 Å². The smallest absolute Gasteiger partial charge is 0.296 e. The van der Waals surface area contributed by atoms with Gasteiger partial charge in [-0.2, -0.15) is 16.8 Å². The molecule has 1 aliphatic carbocycles. The Morgan fingerprint density at radius 1 is 0.722 bits per heavy atom. The lowest BCUT2D eigenvalue weighted by Gasteiger charge is -2.13. The molecular formula is C27H30O7S2. The fourth-order valence-corrected chi connectivity index (χ4v) is 6.32. The number of rotatable bonds is 10. The van der Waals surface area contributed by atoms with Crippen molar-refractivity contribution in [3.8, 4) is 5.75 Å². The third kappa shape index (κ3) is 5.98. The summed E-state index contributed by atoms with van der Waals surface area (Å²) in [7, 11) is -6.18. The number of benzene rings is 3. The van der Waals surface area contributed by atoms with Crippen molar-refractivity contribution >= 4 is 20.2 Å². The molecule has 0 heterocycles. The minimum atomic E-state index is -3.90. The molecule has 7 nitrogen and oxygen atoms in total. The Kier molecular flexibility index (Phi) is 7.85. The Morgan fingerprint density at radius 2 is 1.28 bits per heavy atom. The van der Waals surface area contributed by atoms with Gasteiger partial charge in [0, 0.05) is 5.92 Å². The molecular weight excluding hydrogens is 500 g/mol. The molecule has 0 N–H and O–H groups in total. The van der Waals surface area contributed by atoms with Gasteiger partial charge in [0.2, 0.25) is 0 Å². The fourth-order valence-electron chi connectivity index (χ4n) is 4.45. The van der Waals surface area contributed by atoms with Crippen molar-refractivity contribution in [2.75, 3.05) is 20.3 Å². The summed E-state index contributed by atoms with van der Waals surface area (Å²) in [5.41, 5.74) is 3.89. The molecule has 3 aromatic rings. The van der Waals surface area contributed by atoms with Crippen molar-refractivity contribution in [1.82, 2.24) is 0 Å². The Balaban J connectivity index is 1.45. The van der Waals surface area contributed by atoms with E-state index in [0.29, 0.717) is 18.6 Å². The first-order valence-electron chi connectivity index (χ1n) is 11.7. The zero-order valence-electron chi connectivity index (χ0n) is 20.5. The van der Waals surface area contributed by atoms with Crippen molar-refractivity contribution in [3.05, 3.63) is 89.0 Å². The van der Waals surface area contributed by atoms with Crippen LogP contribution in [-0.2, 0) is 28.6 Å². The minimum absolute atomic E-state index is 0.00540. The van der Waals surface area contributed by atoms with Crippen molar-refractivity contribution in [3.63, 3.8) is 0 Å². The van der Waals surface area contributed by atoms with Crippen LogP contribution in [0.4, 0.5) is 0 Å². The zero-order valence-corrected chi connectivity index (χ0v) is 22.1. The van der Waals surface area contributed by atoms with Crippen LogP contribution < -0.4 is 4.74 Å². The van der Waals surface area contributed by atoms with Crippen LogP contribution in [0.2, 0.25) is 0 Å². The molecule has 0 fully saturated rings. The SMILES string of the molecule is COc1ccc2c(c1)[C@H](CCOS(=O)(=O)c1ccc(C)cc1)C[C@@H]2COS(=O)(=O)c1ccc(C)cc1. The van der Waals surface area contributed by atoms with Gasteiger partial charge < -0.3 is 4.74 Å². The number of fused-ring (bicyclic) bond motifs is 1. The van der Waals surface area contributed by atoms with Gasteiger partial charge in [-0.15, -0.1) is 0 Å². The van der Waals surface area contributed by atoms with E-state index in [2.05, 4.69) is 0 Å². The van der Waals surface area contributed by atoms with Crippen LogP contribution in [-0.4, -0.2) is 37.2 Å². The Morgan fingerprint density at radius 3 is 1.83 bits per heavy atom. The molecule has 0 aliphatic heterocycles. The summed E-state index contributed by atoms with van der Waals surface area (Å²) in [6.07, 6.45) is 1.06. The maximum absolute atomic E-state index is 12.7. The molecule has 2 atom stereocenters. The van der Waals surface area contributed by atoms with Gasteiger partial charge in [-0.25, -0.2) is 0 Å². The summed E-state index contributed by atoms with van der Waals surface area (Å²) in [4.78, 5) is 0.237. The lowest BCUT2D eigenvalue weighted by Crippen LogP contribution is -2.13. The topological polar surface area (TPSA) is 96.0 Å². The summed E-state index contributed by atoms with van der Waals surface area (Å²) in [5.74, 6) is 0.490. The Labute approximate surface area is 213 Å². The van der Waals surface area contributed by atoms with Crippen LogP contribution in [0, 0.1) is 13.8 Å². The molecule has 3 aromatic carbocycles. The number of aryl methyl sites for hydroxylation is 2. The van der Waals surface area contributed by atoms with E-state index in [1.54, 1.807) is 31.4 Å². The molecule has 0 unspecified atom stereocenters. The molecule has 0 amide bonds. The number of methoxy groups -OCH3 is 1. The first-order valence-corrected chi connectivity index (χ1v) is 14.5. The van der Waals surface area contributed by atoms with Crippen LogP contribution in [0.15, 0.2) is 76.5 Å². The van der Waals surface area contributed by atoms with E-state index in [1.165, 1.54) is 24.3 Å². The van der Waals surface area contributed by atoms with E-state index in [0.717, 1.165) is 22.3 Å². The van der Waals surface area contributed by atoms with Gasteiger partial charge in [-0.1, -0.05) is 41.5 Å². The summed E-state index contributed by atoms with van der Waals surface area (Å²) >= 11 is 0. The van der Waals surface area contributed by atoms with Crippen LogP contribution in [0.25, 0.3) is 0 Å². The molecule has 0 bridgehead atoms. The number of hydrogen-bond acceptors (Lipinski definition) is 7. The van der Waals surface area contributed by atoms with E-state index >= 15 is 0 Å². The Bertz CT molecular complexity index is 1410. The Hall–Kier alpha value is -2.72. The molecule has 4 rings (SSSR count). The maximum atomic E-state index is 12.7. The highest BCUT2D eigenvalue weighted by molar-refractivity contribution is 7.87. The molecule has 0 saturated carbocycles. The predicted molar refractivity (Wildman–Crippen MR) is 136 cm³/mol. The summed E-state index contributed by atoms with van der Waals surface area (Å²) in [6, 6.07) is 18.7. The van der Waals surface area contributed by atoms with Crippen molar-refractivity contribution in [2.24, 2.45) is 0 Å². The quantitative estimate of drug-likeness (QED) is 0.337. The molecule has 0 radical (unpaired) electrons. The van der Waals surface area contributed by atoms with Crippen molar-refractivity contribution in [2.45, 2.75) is 48.3 Å². The van der Waals surface area contributed by atoms with Gasteiger partial charge in [0.1, 0.15) is 5.75 Å². The second kappa shape index (κ2) is 10.7. The van der Waals surface area contributed by atoms with Gasteiger partial charge in [-0.3, -0.25) is 8.37 Å². The van der Waals surface area contributed by atoms with E-state index in [-0.39, 0.29) is 34.8 Å². The van der Waals surface area contributed by atoms with E-state index in [1.807, 2.05) is 32.0 Å². The van der Waals surface area contributed by atoms with Crippen LogP contribution in [0.1, 0.15) is 46.9 Å². The molecule has 9 heteroatoms. The summed E-state index contributed by atoms with van der Waals surface area (Å²) < 4.78 is 66.7. The van der Waals surface area contributed by atoms with E-state index < -0.39 is 20.2 Å². The van der Waals surface area contributed by atoms with Gasteiger partial charge >= 0.3 is 0 Å². The molecule has 1 aliphatic rings. The molecule has 0 spiro atoms. The highest BCUT2D eigenvalue weighted by atomic mass is 32.2. The predicted octanol–water partition coefficient (Wildman–Crippen LogP) is 5.08. The molecule has 0 aromatic heterocycles. The van der Waals surface area contributed by atoms with Crippen molar-refractivity contribution < 1.29 is 29.9 Å². The van der Waals surface area contributed by atoms with Gasteiger partial charge in [0.25, 0.3) is 20.2 Å². The minimum Gasteiger partial charge on any atom is -0.497 e. The maximum Gasteiger partial charge on any atom is 0.296 e. The highest BCUT2D eigenvalue weighted by Crippen LogP contribution is 2.45. The van der Waals surface area contributed by atoms with Crippen LogP contribution in [0.3, 0.4) is 0 Å². The van der Waals surface area contributed by atoms with Crippen LogP contribution >= 0.6 is 0 Å². The monoisotopic (exact) mass is 530 g/mol. The fraction of sp³-hybridized carbons (Fsp3) is 0.333. The largest absolute Gasteiger partial charge is 0.497 e. The molecule has 36 heavy (non-hydrogen) atoms. The van der Waals surface area contributed by atoms with Gasteiger partial charge in [0.15, 0.2) is 0 Å². The molecule has 192 valence electrons. The summed E-state index contributed by atoms with van der Waals surface area (Å²) in [5, 5.41) is 0. The lowest BCUT2D eigenvalue weighted by atomic mass is 9.98. The standard InChI is InChI=1S/C27H30O7S2/c1-19-4-9-24(10-5-19)35(28,29)33-15-14-21-16-22(26-13-8-23(32-3)17-27(21)26)18-34-36(30,31)25-11-6-20(2)7-12-25/h4-13,17,21-22H,14-16,18H2,1-3H3/t21-,22-/m1/s1. The average Bonchev–Trinajstić information content (AvgIpc) is 3.20. The molecule has 0 saturated heterocycles. The normalized spacial score (nSPS) is 17.6. The number of ether oxygens (including phenoxy) is 1. The second-order valence-electron chi connectivity index (χ2n) is 9.05. The first-order chi connectivity index (χ1) is 17.1. The van der Waals surface area contributed by atoms with E-state index in [4.69, 9.17) is 13.1 Å². The zero-order chi connectivity index (χ0) is 25.9. The third-order valence-corrected chi connectivity index (χ3v) is 9.11. The second-order valence-corrected chi connectivity index (χ2v) is 12.3. The van der Waals surface area contributed by atoms with Gasteiger partial charge in [-0.05, 0) is 80.1 Å². The van der Waals surface area contributed by atoms with Crippen LogP contribution in [0.5, 0.6) is 5.75 Å². The average molecular weight is 531 g/mol. The van der Waals surface area contributed by atoms with Crippen molar-refractivity contribution in [1.29, 1.82) is 0 Å². The van der Waals surface area contributed by atoms with Gasteiger partial charge in [0.05, 0.1) is 30.1 Å². The first kappa shape index (κ1) is 26.3. The number of hydrogen-bond donors (Lipinski definition) is 0.